The van der Waals surface area contributed by atoms with Crippen molar-refractivity contribution < 1.29 is 17.9 Å². The van der Waals surface area contributed by atoms with Gasteiger partial charge in [-0.25, -0.2) is 4.98 Å². The number of rotatable bonds is 5. The van der Waals surface area contributed by atoms with Crippen LogP contribution in [0.1, 0.15) is 45.0 Å². The molecule has 0 aliphatic carbocycles. The third kappa shape index (κ3) is 3.98. The Bertz CT molecular complexity index is 461. The minimum absolute atomic E-state index is 0.00320. The van der Waals surface area contributed by atoms with Crippen LogP contribution in [0.4, 0.5) is 19.0 Å². The molecule has 0 saturated carbocycles. The van der Waals surface area contributed by atoms with E-state index in [9.17, 15) is 13.2 Å². The van der Waals surface area contributed by atoms with Crippen molar-refractivity contribution in [2.75, 3.05) is 11.9 Å². The van der Waals surface area contributed by atoms with E-state index in [0.29, 0.717) is 23.8 Å². The van der Waals surface area contributed by atoms with Gasteiger partial charge >= 0.3 is 6.18 Å². The van der Waals surface area contributed by atoms with E-state index in [2.05, 4.69) is 15.3 Å². The molecule has 20 heavy (non-hydrogen) atoms. The summed E-state index contributed by atoms with van der Waals surface area (Å²) in [6, 6.07) is 0. The van der Waals surface area contributed by atoms with E-state index in [1.807, 2.05) is 20.8 Å². The summed E-state index contributed by atoms with van der Waals surface area (Å²) < 4.78 is 42.7. The Balaban J connectivity index is 3.17. The monoisotopic (exact) mass is 291 g/mol. The molecule has 0 fully saturated rings. The molecule has 0 amide bonds. The number of aromatic nitrogens is 2. The number of nitrogens with zero attached hydrogens (tertiary/aromatic N) is 2. The Morgan fingerprint density at radius 3 is 2.25 bits per heavy atom. The van der Waals surface area contributed by atoms with E-state index < -0.39 is 12.3 Å². The molecule has 1 atom stereocenters. The summed E-state index contributed by atoms with van der Waals surface area (Å²) in [4.78, 5) is 8.40. The van der Waals surface area contributed by atoms with Gasteiger partial charge in [-0.05, 0) is 20.8 Å². The van der Waals surface area contributed by atoms with Crippen LogP contribution in [0, 0.1) is 6.92 Å². The molecule has 1 rings (SSSR count). The quantitative estimate of drug-likeness (QED) is 0.899. The van der Waals surface area contributed by atoms with Crippen LogP contribution >= 0.6 is 0 Å². The van der Waals surface area contributed by atoms with Crippen LogP contribution in [-0.2, 0) is 0 Å². The van der Waals surface area contributed by atoms with E-state index in [1.165, 1.54) is 0 Å². The summed E-state index contributed by atoms with van der Waals surface area (Å²) in [6.07, 6.45) is -6.33. The maximum absolute atomic E-state index is 12.6. The van der Waals surface area contributed by atoms with Gasteiger partial charge in [0, 0.05) is 12.5 Å². The molecule has 4 nitrogen and oxygen atoms in total. The zero-order chi connectivity index (χ0) is 15.5. The van der Waals surface area contributed by atoms with Crippen LogP contribution in [0.25, 0.3) is 0 Å². The molecule has 0 saturated heterocycles. The average Bonchev–Trinajstić information content (AvgIpc) is 2.32. The first kappa shape index (κ1) is 16.5. The van der Waals surface area contributed by atoms with Gasteiger partial charge in [0.15, 0.2) is 6.10 Å². The Hall–Kier alpha value is -1.53. The highest BCUT2D eigenvalue weighted by Crippen LogP contribution is 2.29. The summed E-state index contributed by atoms with van der Waals surface area (Å²) in [5, 5.41) is 3.01. The van der Waals surface area contributed by atoms with Crippen LogP contribution in [-0.4, -0.2) is 28.8 Å². The van der Waals surface area contributed by atoms with Gasteiger partial charge in [-0.15, -0.1) is 0 Å². The SMILES string of the molecule is CCNc1nc(C(C)C)nc(OC(C)C(F)(F)F)c1C. The zero-order valence-corrected chi connectivity index (χ0v) is 12.3. The fourth-order valence-electron chi connectivity index (χ4n) is 1.46. The lowest BCUT2D eigenvalue weighted by Gasteiger charge is -2.20. The van der Waals surface area contributed by atoms with Crippen molar-refractivity contribution in [2.24, 2.45) is 0 Å². The molecule has 1 N–H and O–H groups in total. The molecule has 114 valence electrons. The highest BCUT2D eigenvalue weighted by Gasteiger charge is 2.38. The lowest BCUT2D eigenvalue weighted by Crippen LogP contribution is -2.32. The van der Waals surface area contributed by atoms with E-state index in [4.69, 9.17) is 4.74 Å². The standard InChI is InChI=1S/C13H20F3N3O/c1-6-17-11-8(4)12(19-10(18-11)7(2)3)20-9(5)13(14,15)16/h7,9H,6H2,1-5H3,(H,17,18,19). The van der Waals surface area contributed by atoms with Crippen molar-refractivity contribution in [1.82, 2.24) is 9.97 Å². The minimum atomic E-state index is -4.42. The van der Waals surface area contributed by atoms with Gasteiger partial charge in [-0.1, -0.05) is 13.8 Å². The molecule has 1 unspecified atom stereocenters. The number of hydrogen-bond acceptors (Lipinski definition) is 4. The largest absolute Gasteiger partial charge is 0.465 e. The number of ether oxygens (including phenoxy) is 1. The minimum Gasteiger partial charge on any atom is -0.465 e. The smallest absolute Gasteiger partial charge is 0.425 e. The average molecular weight is 291 g/mol. The van der Waals surface area contributed by atoms with Crippen LogP contribution < -0.4 is 10.1 Å². The third-order valence-electron chi connectivity index (χ3n) is 2.73. The second-order valence-electron chi connectivity index (χ2n) is 4.85. The number of halogens is 3. The van der Waals surface area contributed by atoms with E-state index in [0.717, 1.165) is 6.92 Å². The van der Waals surface area contributed by atoms with Gasteiger partial charge in [0.1, 0.15) is 11.6 Å². The Labute approximate surface area is 116 Å². The molecule has 0 aliphatic rings. The van der Waals surface area contributed by atoms with Crippen molar-refractivity contribution in [2.45, 2.75) is 52.8 Å². The van der Waals surface area contributed by atoms with Gasteiger partial charge in [-0.3, -0.25) is 0 Å². The van der Waals surface area contributed by atoms with Crippen molar-refractivity contribution in [3.8, 4) is 5.88 Å². The number of anilines is 1. The van der Waals surface area contributed by atoms with E-state index in [-0.39, 0.29) is 11.8 Å². The van der Waals surface area contributed by atoms with Crippen molar-refractivity contribution in [1.29, 1.82) is 0 Å². The summed E-state index contributed by atoms with van der Waals surface area (Å²) in [7, 11) is 0. The van der Waals surface area contributed by atoms with Gasteiger partial charge < -0.3 is 10.1 Å². The normalized spacial score (nSPS) is 13.4. The Kier molecular flexibility index (Phi) is 5.19. The number of alkyl halides is 3. The molecule has 0 bridgehead atoms. The Morgan fingerprint density at radius 2 is 1.80 bits per heavy atom. The lowest BCUT2D eigenvalue weighted by atomic mass is 10.2. The van der Waals surface area contributed by atoms with E-state index >= 15 is 0 Å². The molecular formula is C13H20F3N3O. The van der Waals surface area contributed by atoms with Crippen molar-refractivity contribution in [3.05, 3.63) is 11.4 Å². The first-order valence-electron chi connectivity index (χ1n) is 6.52. The Morgan fingerprint density at radius 1 is 1.20 bits per heavy atom. The summed E-state index contributed by atoms with van der Waals surface area (Å²) >= 11 is 0. The fourth-order valence-corrected chi connectivity index (χ4v) is 1.46. The highest BCUT2D eigenvalue weighted by atomic mass is 19.4. The highest BCUT2D eigenvalue weighted by molar-refractivity contribution is 5.48. The van der Waals surface area contributed by atoms with Crippen LogP contribution in [0.3, 0.4) is 0 Å². The van der Waals surface area contributed by atoms with E-state index in [1.54, 1.807) is 6.92 Å². The second kappa shape index (κ2) is 6.28. The third-order valence-corrected chi connectivity index (χ3v) is 2.73. The molecule has 1 aromatic rings. The molecular weight excluding hydrogens is 271 g/mol. The summed E-state index contributed by atoms with van der Waals surface area (Å²) in [5.74, 6) is 0.938. The summed E-state index contributed by atoms with van der Waals surface area (Å²) in [5.41, 5.74) is 0.479. The van der Waals surface area contributed by atoms with Crippen molar-refractivity contribution >= 4 is 5.82 Å². The zero-order valence-electron chi connectivity index (χ0n) is 12.3. The molecule has 0 aromatic carbocycles. The van der Waals surface area contributed by atoms with Gasteiger partial charge in [-0.2, -0.15) is 18.2 Å². The molecule has 1 heterocycles. The molecule has 1 aromatic heterocycles. The van der Waals surface area contributed by atoms with Gasteiger partial charge in [0.05, 0.1) is 5.56 Å². The van der Waals surface area contributed by atoms with Crippen molar-refractivity contribution in [3.63, 3.8) is 0 Å². The first-order chi connectivity index (χ1) is 9.16. The molecule has 7 heteroatoms. The fraction of sp³-hybridized carbons (Fsp3) is 0.692. The predicted octanol–water partition coefficient (Wildman–Crippen LogP) is 3.67. The molecule has 0 spiro atoms. The van der Waals surface area contributed by atoms with Crippen LogP contribution in [0.5, 0.6) is 5.88 Å². The lowest BCUT2D eigenvalue weighted by molar-refractivity contribution is -0.190. The second-order valence-corrected chi connectivity index (χ2v) is 4.85. The number of hydrogen-bond donors (Lipinski definition) is 1. The predicted molar refractivity (Wildman–Crippen MR) is 71.2 cm³/mol. The van der Waals surface area contributed by atoms with Gasteiger partial charge in [0.25, 0.3) is 0 Å². The topological polar surface area (TPSA) is 47.0 Å². The molecule has 0 radical (unpaired) electrons. The maximum atomic E-state index is 12.6. The maximum Gasteiger partial charge on any atom is 0.425 e. The van der Waals surface area contributed by atoms with Crippen LogP contribution in [0.15, 0.2) is 0 Å². The summed E-state index contributed by atoms with van der Waals surface area (Å²) in [6.45, 7) is 8.85. The van der Waals surface area contributed by atoms with Gasteiger partial charge in [0.2, 0.25) is 5.88 Å². The number of nitrogens with one attached hydrogen (secondary N) is 1. The first-order valence-corrected chi connectivity index (χ1v) is 6.52. The molecule has 0 aliphatic heterocycles. The van der Waals surface area contributed by atoms with Crippen LogP contribution in [0.2, 0.25) is 0 Å².